The van der Waals surface area contributed by atoms with Gasteiger partial charge in [-0.25, -0.2) is 0 Å². The van der Waals surface area contributed by atoms with E-state index in [9.17, 15) is 25.2 Å². The minimum Gasteiger partial charge on any atom is -0.481 e. The summed E-state index contributed by atoms with van der Waals surface area (Å²) in [7, 11) is 0. The van der Waals surface area contributed by atoms with E-state index in [1.54, 1.807) is 0 Å². The zero-order valence-corrected chi connectivity index (χ0v) is 16.8. The van der Waals surface area contributed by atoms with Gasteiger partial charge in [-0.1, -0.05) is 90.4 Å². The molecular weight excluding hydrogens is 332 g/mol. The van der Waals surface area contributed by atoms with Gasteiger partial charge in [-0.05, 0) is 6.42 Å². The van der Waals surface area contributed by atoms with Crippen molar-refractivity contribution in [3.63, 3.8) is 0 Å². The van der Waals surface area contributed by atoms with Crippen LogP contribution in [0.5, 0.6) is 0 Å². The first-order valence-corrected chi connectivity index (χ1v) is 10.6. The molecule has 0 fully saturated rings. The highest BCUT2D eigenvalue weighted by atomic mass is 16.4. The average Bonchev–Trinajstić information content (AvgIpc) is 2.64. The second-order valence-corrected chi connectivity index (χ2v) is 7.69. The minimum absolute atomic E-state index is 0.328. The normalized spacial score (nSPS) is 13.1. The topological polar surface area (TPSA) is 98.0 Å². The molecule has 4 N–H and O–H groups in total. The number of aliphatic hydroxyl groups excluding tert-OH is 3. The monoisotopic (exact) mass is 374 g/mol. The molecule has 0 bridgehead atoms. The summed E-state index contributed by atoms with van der Waals surface area (Å²) in [6.07, 6.45) is 16.7. The van der Waals surface area contributed by atoms with E-state index in [2.05, 4.69) is 6.92 Å². The standard InChI is InChI=1S/C21H42O5/c1-2-3-4-5-6-7-8-9-10-11-12-13-14-15-19(16-22)21(17-23,18-24)20(25)26/h19,22-24H,2-18H2,1H3,(H,25,26). The van der Waals surface area contributed by atoms with Crippen molar-refractivity contribution in [3.8, 4) is 0 Å². The van der Waals surface area contributed by atoms with Crippen LogP contribution in [0.3, 0.4) is 0 Å². The fourth-order valence-corrected chi connectivity index (χ4v) is 3.57. The number of rotatable bonds is 19. The lowest BCUT2D eigenvalue weighted by Gasteiger charge is -2.32. The maximum absolute atomic E-state index is 11.4. The van der Waals surface area contributed by atoms with Gasteiger partial charge in [0, 0.05) is 12.5 Å². The molecule has 0 aromatic carbocycles. The Bertz CT molecular complexity index is 328. The quantitative estimate of drug-likeness (QED) is 0.255. The fourth-order valence-electron chi connectivity index (χ4n) is 3.57. The van der Waals surface area contributed by atoms with Gasteiger partial charge in [0.2, 0.25) is 0 Å². The van der Waals surface area contributed by atoms with Crippen LogP contribution in [0.15, 0.2) is 0 Å². The fraction of sp³-hybridized carbons (Fsp3) is 0.952. The number of aliphatic hydroxyl groups is 3. The second-order valence-electron chi connectivity index (χ2n) is 7.69. The Morgan fingerprint density at radius 1 is 0.731 bits per heavy atom. The van der Waals surface area contributed by atoms with Crippen molar-refractivity contribution < 1.29 is 25.2 Å². The molecule has 1 atom stereocenters. The third-order valence-electron chi connectivity index (χ3n) is 5.65. The molecule has 1 unspecified atom stereocenters. The number of hydrogen-bond acceptors (Lipinski definition) is 4. The minimum atomic E-state index is -1.63. The van der Waals surface area contributed by atoms with E-state index in [1.165, 1.54) is 64.2 Å². The Morgan fingerprint density at radius 2 is 1.12 bits per heavy atom. The van der Waals surface area contributed by atoms with Gasteiger partial charge in [-0.3, -0.25) is 4.79 Å². The summed E-state index contributed by atoms with van der Waals surface area (Å²) in [5, 5.41) is 37.6. The summed E-state index contributed by atoms with van der Waals surface area (Å²) >= 11 is 0. The molecule has 0 radical (unpaired) electrons. The number of hydrogen-bond donors (Lipinski definition) is 4. The van der Waals surface area contributed by atoms with E-state index in [-0.39, 0.29) is 6.61 Å². The number of aliphatic carboxylic acids is 1. The molecule has 0 aliphatic heterocycles. The maximum Gasteiger partial charge on any atom is 0.314 e. The molecule has 0 saturated carbocycles. The van der Waals surface area contributed by atoms with Crippen LogP contribution in [-0.2, 0) is 4.79 Å². The van der Waals surface area contributed by atoms with Crippen LogP contribution < -0.4 is 0 Å². The van der Waals surface area contributed by atoms with Gasteiger partial charge in [0.25, 0.3) is 0 Å². The highest BCUT2D eigenvalue weighted by Gasteiger charge is 2.44. The van der Waals surface area contributed by atoms with Crippen molar-refractivity contribution in [2.45, 2.75) is 96.8 Å². The summed E-state index contributed by atoms with van der Waals surface area (Å²) in [6, 6.07) is 0. The summed E-state index contributed by atoms with van der Waals surface area (Å²) in [5.41, 5.74) is -1.63. The molecule has 0 aromatic heterocycles. The molecule has 5 nitrogen and oxygen atoms in total. The van der Waals surface area contributed by atoms with Gasteiger partial charge >= 0.3 is 5.97 Å². The van der Waals surface area contributed by atoms with Gasteiger partial charge in [-0.15, -0.1) is 0 Å². The molecule has 0 amide bonds. The van der Waals surface area contributed by atoms with Gasteiger partial charge in [0.15, 0.2) is 0 Å². The largest absolute Gasteiger partial charge is 0.481 e. The van der Waals surface area contributed by atoms with E-state index in [0.29, 0.717) is 6.42 Å². The second kappa shape index (κ2) is 16.5. The molecule has 26 heavy (non-hydrogen) atoms. The maximum atomic E-state index is 11.4. The van der Waals surface area contributed by atoms with Gasteiger partial charge < -0.3 is 20.4 Å². The van der Waals surface area contributed by atoms with Crippen molar-refractivity contribution in [2.75, 3.05) is 19.8 Å². The number of carbonyl (C=O) groups is 1. The van der Waals surface area contributed by atoms with Crippen molar-refractivity contribution in [3.05, 3.63) is 0 Å². The highest BCUT2D eigenvalue weighted by molar-refractivity contribution is 5.75. The molecule has 0 aliphatic carbocycles. The van der Waals surface area contributed by atoms with Crippen LogP contribution in [0.4, 0.5) is 0 Å². The van der Waals surface area contributed by atoms with Gasteiger partial charge in [0.1, 0.15) is 5.41 Å². The highest BCUT2D eigenvalue weighted by Crippen LogP contribution is 2.31. The predicted molar refractivity (Wildman–Crippen MR) is 105 cm³/mol. The lowest BCUT2D eigenvalue weighted by molar-refractivity contribution is -0.162. The van der Waals surface area contributed by atoms with Crippen molar-refractivity contribution in [1.29, 1.82) is 0 Å². The van der Waals surface area contributed by atoms with Gasteiger partial charge in [-0.2, -0.15) is 0 Å². The Hall–Kier alpha value is -0.650. The van der Waals surface area contributed by atoms with E-state index in [0.717, 1.165) is 19.3 Å². The van der Waals surface area contributed by atoms with Crippen LogP contribution in [0.1, 0.15) is 96.8 Å². The third-order valence-corrected chi connectivity index (χ3v) is 5.65. The zero-order valence-electron chi connectivity index (χ0n) is 16.8. The summed E-state index contributed by atoms with van der Waals surface area (Å²) in [5.74, 6) is -1.85. The molecule has 0 heterocycles. The zero-order chi connectivity index (χ0) is 19.7. The first kappa shape index (κ1) is 25.4. The van der Waals surface area contributed by atoms with Crippen molar-refractivity contribution in [2.24, 2.45) is 11.3 Å². The van der Waals surface area contributed by atoms with Crippen LogP contribution in [0.2, 0.25) is 0 Å². The van der Waals surface area contributed by atoms with E-state index in [1.807, 2.05) is 0 Å². The molecule has 0 rings (SSSR count). The van der Waals surface area contributed by atoms with Crippen LogP contribution in [0, 0.1) is 11.3 Å². The molecule has 0 spiro atoms. The van der Waals surface area contributed by atoms with Crippen LogP contribution in [0.25, 0.3) is 0 Å². The number of carboxylic acid groups (broad SMARTS) is 1. The number of unbranched alkanes of at least 4 members (excludes halogenated alkanes) is 12. The molecular formula is C21H42O5. The van der Waals surface area contributed by atoms with Crippen molar-refractivity contribution in [1.82, 2.24) is 0 Å². The lowest BCUT2D eigenvalue weighted by Crippen LogP contribution is -2.46. The van der Waals surface area contributed by atoms with E-state index >= 15 is 0 Å². The Morgan fingerprint density at radius 3 is 1.42 bits per heavy atom. The SMILES string of the molecule is CCCCCCCCCCCCCCCC(CO)C(CO)(CO)C(=O)O. The molecule has 0 aliphatic rings. The van der Waals surface area contributed by atoms with Gasteiger partial charge in [0.05, 0.1) is 13.2 Å². The smallest absolute Gasteiger partial charge is 0.314 e. The molecule has 0 saturated heterocycles. The molecule has 156 valence electrons. The Labute approximate surface area is 159 Å². The Balaban J connectivity index is 3.71. The first-order valence-electron chi connectivity index (χ1n) is 10.6. The average molecular weight is 375 g/mol. The summed E-state index contributed by atoms with van der Waals surface area (Å²) in [4.78, 5) is 11.4. The predicted octanol–water partition coefficient (Wildman–Crippen LogP) is 4.13. The third kappa shape index (κ3) is 9.89. The summed E-state index contributed by atoms with van der Waals surface area (Å²) in [6.45, 7) is 0.614. The van der Waals surface area contributed by atoms with Crippen LogP contribution in [-0.4, -0.2) is 46.2 Å². The molecule has 5 heteroatoms. The molecule has 0 aromatic rings. The number of carboxylic acids is 1. The summed E-state index contributed by atoms with van der Waals surface area (Å²) < 4.78 is 0. The lowest BCUT2D eigenvalue weighted by atomic mass is 9.74. The Kier molecular flexibility index (Phi) is 16.1. The van der Waals surface area contributed by atoms with Crippen LogP contribution >= 0.6 is 0 Å². The van der Waals surface area contributed by atoms with Crippen molar-refractivity contribution >= 4 is 5.97 Å². The first-order chi connectivity index (χ1) is 12.6. The van der Waals surface area contributed by atoms with E-state index in [4.69, 9.17) is 0 Å². The van der Waals surface area contributed by atoms with E-state index < -0.39 is 30.5 Å².